The number of hydrazine groups is 1. The van der Waals surface area contributed by atoms with E-state index in [2.05, 4.69) is 39.9 Å². The number of nitrogens with one attached hydrogen (secondary N) is 1. The quantitative estimate of drug-likeness (QED) is 0.749. The third kappa shape index (κ3) is 2.79. The molecule has 5 heteroatoms. The van der Waals surface area contributed by atoms with E-state index in [-0.39, 0.29) is 0 Å². The SMILES string of the molecule is CNN(C)c1nnc(-c2ccccc2-c2ccccc2)s1. The maximum Gasteiger partial charge on any atom is 0.222 e. The molecule has 0 bridgehead atoms. The van der Waals surface area contributed by atoms with Crippen molar-refractivity contribution in [1.82, 2.24) is 15.6 Å². The molecule has 106 valence electrons. The fraction of sp³-hybridized carbons (Fsp3) is 0.125. The van der Waals surface area contributed by atoms with E-state index in [4.69, 9.17) is 0 Å². The Morgan fingerprint density at radius 3 is 2.29 bits per heavy atom. The molecule has 0 aliphatic carbocycles. The predicted octanol–water partition coefficient (Wildman–Crippen LogP) is 3.44. The Hall–Kier alpha value is -2.24. The highest BCUT2D eigenvalue weighted by Crippen LogP contribution is 2.35. The van der Waals surface area contributed by atoms with Crippen LogP contribution in [-0.4, -0.2) is 24.3 Å². The van der Waals surface area contributed by atoms with Crippen LogP contribution in [0.25, 0.3) is 21.7 Å². The molecule has 4 nitrogen and oxygen atoms in total. The van der Waals surface area contributed by atoms with Gasteiger partial charge in [-0.2, -0.15) is 0 Å². The van der Waals surface area contributed by atoms with Gasteiger partial charge in [0.05, 0.1) is 0 Å². The fourth-order valence-electron chi connectivity index (χ4n) is 2.09. The van der Waals surface area contributed by atoms with Gasteiger partial charge < -0.3 is 0 Å². The van der Waals surface area contributed by atoms with E-state index in [1.165, 1.54) is 11.1 Å². The smallest absolute Gasteiger partial charge is 0.222 e. The van der Waals surface area contributed by atoms with Gasteiger partial charge in [0, 0.05) is 19.7 Å². The number of hydrogen-bond donors (Lipinski definition) is 1. The normalized spacial score (nSPS) is 10.6. The first kappa shape index (κ1) is 13.7. The third-order valence-electron chi connectivity index (χ3n) is 3.28. The molecule has 0 saturated heterocycles. The molecule has 1 heterocycles. The molecule has 3 aromatic rings. The Kier molecular flexibility index (Phi) is 3.94. The lowest BCUT2D eigenvalue weighted by Crippen LogP contribution is -2.30. The lowest BCUT2D eigenvalue weighted by Gasteiger charge is -2.11. The largest absolute Gasteiger partial charge is 0.285 e. The third-order valence-corrected chi connectivity index (χ3v) is 4.31. The van der Waals surface area contributed by atoms with Gasteiger partial charge in [0.25, 0.3) is 0 Å². The molecule has 0 saturated carbocycles. The topological polar surface area (TPSA) is 41.0 Å². The Morgan fingerprint density at radius 2 is 1.57 bits per heavy atom. The fourth-order valence-corrected chi connectivity index (χ4v) is 2.95. The van der Waals surface area contributed by atoms with E-state index in [9.17, 15) is 0 Å². The highest BCUT2D eigenvalue weighted by atomic mass is 32.1. The average molecular weight is 296 g/mol. The molecular weight excluding hydrogens is 280 g/mol. The highest BCUT2D eigenvalue weighted by Gasteiger charge is 2.13. The summed E-state index contributed by atoms with van der Waals surface area (Å²) in [6, 6.07) is 18.6. The van der Waals surface area contributed by atoms with Crippen molar-refractivity contribution in [2.75, 3.05) is 19.1 Å². The second kappa shape index (κ2) is 6.03. The Labute approximate surface area is 128 Å². The summed E-state index contributed by atoms with van der Waals surface area (Å²) < 4.78 is 0. The first-order valence-corrected chi connectivity index (χ1v) is 7.50. The molecule has 2 aromatic carbocycles. The lowest BCUT2D eigenvalue weighted by molar-refractivity contribution is 0.779. The van der Waals surface area contributed by atoms with Crippen LogP contribution in [0, 0.1) is 0 Å². The van der Waals surface area contributed by atoms with Crippen LogP contribution in [0.1, 0.15) is 0 Å². The zero-order chi connectivity index (χ0) is 14.7. The van der Waals surface area contributed by atoms with Crippen molar-refractivity contribution in [3.63, 3.8) is 0 Å². The van der Waals surface area contributed by atoms with Gasteiger partial charge in [-0.3, -0.25) is 5.01 Å². The number of hydrogen-bond acceptors (Lipinski definition) is 5. The lowest BCUT2D eigenvalue weighted by atomic mass is 10.0. The highest BCUT2D eigenvalue weighted by molar-refractivity contribution is 7.18. The van der Waals surface area contributed by atoms with Gasteiger partial charge in [0.2, 0.25) is 5.13 Å². The summed E-state index contributed by atoms with van der Waals surface area (Å²) in [6.07, 6.45) is 0. The molecule has 0 radical (unpaired) electrons. The zero-order valence-electron chi connectivity index (χ0n) is 11.9. The van der Waals surface area contributed by atoms with Gasteiger partial charge in [-0.15, -0.1) is 10.2 Å². The number of rotatable bonds is 4. The molecule has 0 fully saturated rings. The second-order valence-corrected chi connectivity index (χ2v) is 5.54. The number of aromatic nitrogens is 2. The summed E-state index contributed by atoms with van der Waals surface area (Å²) in [6.45, 7) is 0. The molecule has 21 heavy (non-hydrogen) atoms. The van der Waals surface area contributed by atoms with Crippen LogP contribution < -0.4 is 10.4 Å². The van der Waals surface area contributed by atoms with Crippen molar-refractivity contribution in [2.24, 2.45) is 0 Å². The second-order valence-electron chi connectivity index (χ2n) is 4.58. The van der Waals surface area contributed by atoms with Crippen molar-refractivity contribution in [3.05, 3.63) is 54.6 Å². The summed E-state index contributed by atoms with van der Waals surface area (Å²) in [5.74, 6) is 0. The average Bonchev–Trinajstić information content (AvgIpc) is 3.05. The van der Waals surface area contributed by atoms with Crippen molar-refractivity contribution < 1.29 is 0 Å². The van der Waals surface area contributed by atoms with Crippen LogP contribution in [0.2, 0.25) is 0 Å². The minimum absolute atomic E-state index is 0.843. The molecular formula is C16H16N4S. The van der Waals surface area contributed by atoms with Crippen LogP contribution in [0.4, 0.5) is 5.13 Å². The van der Waals surface area contributed by atoms with Crippen LogP contribution >= 0.6 is 11.3 Å². The molecule has 0 atom stereocenters. The standard InChI is InChI=1S/C16H16N4S/c1-17-20(2)16-19-18-15(21-16)14-11-7-6-10-13(14)12-8-4-3-5-9-12/h3-11,17H,1-2H3. The van der Waals surface area contributed by atoms with Gasteiger partial charge in [-0.05, 0) is 11.1 Å². The Balaban J connectivity index is 2.05. The van der Waals surface area contributed by atoms with Crippen LogP contribution in [0.5, 0.6) is 0 Å². The zero-order valence-corrected chi connectivity index (χ0v) is 12.8. The predicted molar refractivity (Wildman–Crippen MR) is 88.2 cm³/mol. The summed E-state index contributed by atoms with van der Waals surface area (Å²) in [4.78, 5) is 0. The monoisotopic (exact) mass is 296 g/mol. The molecule has 0 aliphatic rings. The number of benzene rings is 2. The summed E-state index contributed by atoms with van der Waals surface area (Å²) in [5, 5.41) is 12.2. The van der Waals surface area contributed by atoms with Crippen molar-refractivity contribution >= 4 is 16.5 Å². The van der Waals surface area contributed by atoms with E-state index in [1.54, 1.807) is 11.3 Å². The van der Waals surface area contributed by atoms with E-state index < -0.39 is 0 Å². The Morgan fingerprint density at radius 1 is 0.905 bits per heavy atom. The molecule has 0 amide bonds. The van der Waals surface area contributed by atoms with Gasteiger partial charge >= 0.3 is 0 Å². The van der Waals surface area contributed by atoms with Gasteiger partial charge in [0.1, 0.15) is 5.01 Å². The molecule has 0 unspecified atom stereocenters. The molecule has 0 aliphatic heterocycles. The van der Waals surface area contributed by atoms with E-state index in [0.717, 1.165) is 15.7 Å². The van der Waals surface area contributed by atoms with Crippen LogP contribution in [0.3, 0.4) is 0 Å². The van der Waals surface area contributed by atoms with Crippen molar-refractivity contribution in [3.8, 4) is 21.7 Å². The molecule has 1 N–H and O–H groups in total. The minimum Gasteiger partial charge on any atom is -0.285 e. The van der Waals surface area contributed by atoms with Gasteiger partial charge in [-0.25, -0.2) is 5.43 Å². The molecule has 3 rings (SSSR count). The number of nitrogens with zero attached hydrogens (tertiary/aromatic N) is 3. The van der Waals surface area contributed by atoms with Gasteiger partial charge in [0.15, 0.2) is 0 Å². The van der Waals surface area contributed by atoms with E-state index >= 15 is 0 Å². The minimum atomic E-state index is 0.843. The summed E-state index contributed by atoms with van der Waals surface area (Å²) in [5.41, 5.74) is 6.50. The van der Waals surface area contributed by atoms with Gasteiger partial charge in [-0.1, -0.05) is 65.9 Å². The van der Waals surface area contributed by atoms with Crippen molar-refractivity contribution in [1.29, 1.82) is 0 Å². The van der Waals surface area contributed by atoms with E-state index in [1.807, 2.05) is 49.4 Å². The van der Waals surface area contributed by atoms with E-state index in [0.29, 0.717) is 0 Å². The summed E-state index contributed by atoms with van der Waals surface area (Å²) in [7, 11) is 3.78. The maximum absolute atomic E-state index is 4.33. The molecule has 0 spiro atoms. The first-order valence-electron chi connectivity index (χ1n) is 6.69. The van der Waals surface area contributed by atoms with Crippen LogP contribution in [0.15, 0.2) is 54.6 Å². The molecule has 1 aromatic heterocycles. The summed E-state index contributed by atoms with van der Waals surface area (Å²) >= 11 is 1.57. The first-order chi connectivity index (χ1) is 10.3. The maximum atomic E-state index is 4.33. The van der Waals surface area contributed by atoms with Crippen molar-refractivity contribution in [2.45, 2.75) is 0 Å². The Bertz CT molecular complexity index is 724. The van der Waals surface area contributed by atoms with Crippen LogP contribution in [-0.2, 0) is 0 Å². The number of anilines is 1.